The van der Waals surface area contributed by atoms with E-state index in [9.17, 15) is 0 Å². The first-order valence-corrected chi connectivity index (χ1v) is 8.63. The molecule has 0 saturated heterocycles. The summed E-state index contributed by atoms with van der Waals surface area (Å²) in [5, 5.41) is 19.0. The number of rotatable bonds is 5. The van der Waals surface area contributed by atoms with Gasteiger partial charge in [0.15, 0.2) is 11.5 Å². The monoisotopic (exact) mass is 393 g/mol. The molecule has 0 bridgehead atoms. The lowest BCUT2D eigenvalue weighted by atomic mass is 10.1. The van der Waals surface area contributed by atoms with E-state index in [-0.39, 0.29) is 0 Å². The summed E-state index contributed by atoms with van der Waals surface area (Å²) >= 11 is 5.97. The fourth-order valence-corrected chi connectivity index (χ4v) is 2.57. The Morgan fingerprint density at radius 3 is 2.33 bits per heavy atom. The number of carboxylic acid groups (broad SMARTS) is 2. The lowest BCUT2D eigenvalue weighted by Crippen LogP contribution is -2.18. The molecule has 0 saturated carbocycles. The van der Waals surface area contributed by atoms with Crippen LogP contribution in [0.3, 0.4) is 0 Å². The molecule has 8 heteroatoms. The van der Waals surface area contributed by atoms with E-state index in [4.69, 9.17) is 40.9 Å². The minimum atomic E-state index is -1.82. The summed E-state index contributed by atoms with van der Waals surface area (Å²) in [5.41, 5.74) is 2.45. The molecule has 1 heterocycles. The van der Waals surface area contributed by atoms with E-state index in [0.29, 0.717) is 13.2 Å². The molecule has 0 aliphatic carbocycles. The van der Waals surface area contributed by atoms with Crippen molar-refractivity contribution in [2.75, 3.05) is 19.8 Å². The average molecular weight is 394 g/mol. The van der Waals surface area contributed by atoms with Crippen molar-refractivity contribution in [3.05, 3.63) is 58.6 Å². The number of aliphatic carboxylic acids is 2. The van der Waals surface area contributed by atoms with Gasteiger partial charge in [0.25, 0.3) is 0 Å². The van der Waals surface area contributed by atoms with Gasteiger partial charge in [0.05, 0.1) is 0 Å². The normalized spacial score (nSPS) is 11.9. The summed E-state index contributed by atoms with van der Waals surface area (Å²) < 4.78 is 11.1. The Hall–Kier alpha value is -2.77. The van der Waals surface area contributed by atoms with E-state index in [1.54, 1.807) is 0 Å². The molecule has 144 valence electrons. The van der Waals surface area contributed by atoms with Crippen molar-refractivity contribution < 1.29 is 29.3 Å². The zero-order chi connectivity index (χ0) is 19.6. The molecule has 3 N–H and O–H groups in total. The summed E-state index contributed by atoms with van der Waals surface area (Å²) in [6.45, 7) is 2.98. The zero-order valence-electron chi connectivity index (χ0n) is 14.5. The van der Waals surface area contributed by atoms with Crippen LogP contribution in [0.1, 0.15) is 11.1 Å². The summed E-state index contributed by atoms with van der Waals surface area (Å²) in [6.07, 6.45) is 0.963. The number of fused-ring (bicyclic) bond motifs is 1. The largest absolute Gasteiger partial charge is 0.486 e. The molecule has 0 atom stereocenters. The molecule has 2 aromatic rings. The summed E-state index contributed by atoms with van der Waals surface area (Å²) in [6, 6.07) is 14.1. The van der Waals surface area contributed by atoms with Crippen LogP contribution in [0.25, 0.3) is 0 Å². The predicted molar refractivity (Wildman–Crippen MR) is 99.6 cm³/mol. The molecule has 0 fully saturated rings. The van der Waals surface area contributed by atoms with E-state index in [1.807, 2.05) is 30.3 Å². The average Bonchev–Trinajstić information content (AvgIpc) is 2.65. The number of nitrogens with one attached hydrogen (secondary N) is 1. The van der Waals surface area contributed by atoms with E-state index >= 15 is 0 Å². The Morgan fingerprint density at radius 1 is 0.963 bits per heavy atom. The minimum absolute atomic E-state index is 0.624. The quantitative estimate of drug-likeness (QED) is 0.529. The highest BCUT2D eigenvalue weighted by Gasteiger charge is 2.11. The van der Waals surface area contributed by atoms with Crippen LogP contribution in [0.15, 0.2) is 42.5 Å². The lowest BCUT2D eigenvalue weighted by Gasteiger charge is -2.19. The third-order valence-corrected chi connectivity index (χ3v) is 3.83. The van der Waals surface area contributed by atoms with Gasteiger partial charge in [0.2, 0.25) is 0 Å². The molecule has 7 nitrogen and oxygen atoms in total. The number of carboxylic acids is 2. The van der Waals surface area contributed by atoms with Gasteiger partial charge in [-0.2, -0.15) is 0 Å². The Bertz CT molecular complexity index is 784. The van der Waals surface area contributed by atoms with Crippen molar-refractivity contribution >= 4 is 23.5 Å². The van der Waals surface area contributed by atoms with Gasteiger partial charge in [-0.1, -0.05) is 29.8 Å². The van der Waals surface area contributed by atoms with Gasteiger partial charge in [0.1, 0.15) is 13.2 Å². The molecular weight excluding hydrogens is 374 g/mol. The summed E-state index contributed by atoms with van der Waals surface area (Å²) in [7, 11) is 0. The molecule has 27 heavy (non-hydrogen) atoms. The molecule has 0 amide bonds. The van der Waals surface area contributed by atoms with Gasteiger partial charge in [-0.15, -0.1) is 0 Å². The summed E-state index contributed by atoms with van der Waals surface area (Å²) in [5.74, 6) is -1.97. The van der Waals surface area contributed by atoms with E-state index in [2.05, 4.69) is 17.4 Å². The van der Waals surface area contributed by atoms with Crippen LogP contribution in [0.5, 0.6) is 11.5 Å². The van der Waals surface area contributed by atoms with Gasteiger partial charge >= 0.3 is 11.9 Å². The lowest BCUT2D eigenvalue weighted by molar-refractivity contribution is -0.159. The Morgan fingerprint density at radius 2 is 1.67 bits per heavy atom. The van der Waals surface area contributed by atoms with Crippen molar-refractivity contribution in [1.82, 2.24) is 5.32 Å². The number of benzene rings is 2. The second-order valence-corrected chi connectivity index (χ2v) is 6.08. The number of ether oxygens (including phenoxy) is 2. The molecule has 1 aliphatic rings. The highest BCUT2D eigenvalue weighted by atomic mass is 35.5. The second-order valence-electron chi connectivity index (χ2n) is 5.65. The van der Waals surface area contributed by atoms with Gasteiger partial charge in [-0.3, -0.25) is 0 Å². The third-order valence-electron chi connectivity index (χ3n) is 3.60. The molecule has 2 aromatic carbocycles. The van der Waals surface area contributed by atoms with Gasteiger partial charge in [0, 0.05) is 11.6 Å². The number of halogens is 1. The van der Waals surface area contributed by atoms with Crippen LogP contribution in [-0.2, 0) is 22.6 Å². The first kappa shape index (κ1) is 20.5. The highest BCUT2D eigenvalue weighted by molar-refractivity contribution is 6.30. The zero-order valence-corrected chi connectivity index (χ0v) is 15.2. The number of hydrogen-bond donors (Lipinski definition) is 3. The van der Waals surface area contributed by atoms with Crippen LogP contribution in [0.4, 0.5) is 0 Å². The maximum atomic E-state index is 9.10. The second kappa shape index (κ2) is 10.4. The van der Waals surface area contributed by atoms with E-state index in [0.717, 1.165) is 36.0 Å². The van der Waals surface area contributed by atoms with Crippen molar-refractivity contribution in [3.8, 4) is 11.5 Å². The van der Waals surface area contributed by atoms with Crippen molar-refractivity contribution in [2.24, 2.45) is 0 Å². The van der Waals surface area contributed by atoms with E-state index in [1.165, 1.54) is 11.1 Å². The number of hydrogen-bond acceptors (Lipinski definition) is 5. The smallest absolute Gasteiger partial charge is 0.414 e. The van der Waals surface area contributed by atoms with Crippen LogP contribution in [0, 0.1) is 0 Å². The van der Waals surface area contributed by atoms with Gasteiger partial charge in [-0.25, -0.2) is 9.59 Å². The van der Waals surface area contributed by atoms with Crippen LogP contribution in [-0.4, -0.2) is 41.9 Å². The van der Waals surface area contributed by atoms with Crippen molar-refractivity contribution in [1.29, 1.82) is 0 Å². The first-order valence-electron chi connectivity index (χ1n) is 8.25. The maximum absolute atomic E-state index is 9.10. The maximum Gasteiger partial charge on any atom is 0.414 e. The third kappa shape index (κ3) is 7.16. The minimum Gasteiger partial charge on any atom is -0.486 e. The Balaban J connectivity index is 0.000000380. The summed E-state index contributed by atoms with van der Waals surface area (Å²) in [4.78, 5) is 18.2. The Labute approximate surface area is 161 Å². The SMILES string of the molecule is Clc1cccc(CCNCc2ccc3c(c2)OCCO3)c1.O=C(O)C(=O)O. The van der Waals surface area contributed by atoms with Crippen molar-refractivity contribution in [3.63, 3.8) is 0 Å². The van der Waals surface area contributed by atoms with Crippen LogP contribution >= 0.6 is 11.6 Å². The van der Waals surface area contributed by atoms with E-state index < -0.39 is 11.9 Å². The molecule has 1 aliphatic heterocycles. The van der Waals surface area contributed by atoms with Crippen LogP contribution in [0.2, 0.25) is 5.02 Å². The molecule has 0 spiro atoms. The molecule has 3 rings (SSSR count). The standard InChI is InChI=1S/C17H18ClNO2.C2H2O4/c18-15-3-1-2-13(10-15)6-7-19-12-14-4-5-16-17(11-14)21-9-8-20-16;3-1(4)2(5)6/h1-5,10-11,19H,6-9,12H2;(H,3,4)(H,5,6). The molecule has 0 aromatic heterocycles. The van der Waals surface area contributed by atoms with Crippen molar-refractivity contribution in [2.45, 2.75) is 13.0 Å². The predicted octanol–water partition coefficient (Wildman–Crippen LogP) is 2.60. The first-order chi connectivity index (χ1) is 13.0. The topological polar surface area (TPSA) is 105 Å². The van der Waals surface area contributed by atoms with Gasteiger partial charge in [-0.05, 0) is 48.4 Å². The fraction of sp³-hybridized carbons (Fsp3) is 0.263. The van der Waals surface area contributed by atoms with Crippen LogP contribution < -0.4 is 14.8 Å². The molecule has 0 unspecified atom stereocenters. The van der Waals surface area contributed by atoms with Gasteiger partial charge < -0.3 is 25.0 Å². The number of carbonyl (C=O) groups is 2. The molecule has 0 radical (unpaired) electrons. The Kier molecular flexibility index (Phi) is 7.91. The fourth-order valence-electron chi connectivity index (χ4n) is 2.36. The molecular formula is C19H20ClNO6. The highest BCUT2D eigenvalue weighted by Crippen LogP contribution is 2.30.